The van der Waals surface area contributed by atoms with Crippen molar-refractivity contribution >= 4 is 5.91 Å². The minimum atomic E-state index is -0.0713. The van der Waals surface area contributed by atoms with E-state index in [2.05, 4.69) is 6.92 Å². The van der Waals surface area contributed by atoms with E-state index in [4.69, 9.17) is 14.2 Å². The lowest BCUT2D eigenvalue weighted by Gasteiger charge is -2.33. The van der Waals surface area contributed by atoms with Crippen LogP contribution in [0, 0.1) is 5.92 Å². The Morgan fingerprint density at radius 2 is 2.00 bits per heavy atom. The highest BCUT2D eigenvalue weighted by Gasteiger charge is 2.32. The Labute approximate surface area is 137 Å². The lowest BCUT2D eigenvalue weighted by Crippen LogP contribution is -2.41. The summed E-state index contributed by atoms with van der Waals surface area (Å²) in [6, 6.07) is 7.47. The largest absolute Gasteiger partial charge is 0.494 e. The number of benzene rings is 1. The molecule has 2 aliphatic heterocycles. The van der Waals surface area contributed by atoms with Gasteiger partial charge in [0.25, 0.3) is 5.91 Å². The van der Waals surface area contributed by atoms with Crippen LogP contribution in [0.15, 0.2) is 24.3 Å². The molecule has 1 aromatic carbocycles. The molecule has 2 saturated heterocycles. The molecule has 23 heavy (non-hydrogen) atoms. The van der Waals surface area contributed by atoms with Crippen LogP contribution in [0.4, 0.5) is 0 Å². The Balaban J connectivity index is 1.56. The number of amides is 1. The molecule has 0 radical (unpaired) electrons. The van der Waals surface area contributed by atoms with E-state index in [0.29, 0.717) is 31.3 Å². The van der Waals surface area contributed by atoms with Gasteiger partial charge in [-0.1, -0.05) is 13.0 Å². The molecule has 5 heteroatoms. The Hall–Kier alpha value is -1.59. The number of hydrogen-bond acceptors (Lipinski definition) is 4. The van der Waals surface area contributed by atoms with Crippen molar-refractivity contribution in [2.45, 2.75) is 32.5 Å². The first-order chi connectivity index (χ1) is 11.3. The van der Waals surface area contributed by atoms with Crippen LogP contribution in [0.3, 0.4) is 0 Å². The van der Waals surface area contributed by atoms with E-state index in [0.717, 1.165) is 38.1 Å². The van der Waals surface area contributed by atoms with Crippen LogP contribution in [0.2, 0.25) is 0 Å². The van der Waals surface area contributed by atoms with Crippen LogP contribution >= 0.6 is 0 Å². The molecule has 0 bridgehead atoms. The van der Waals surface area contributed by atoms with Crippen LogP contribution in [-0.2, 0) is 9.47 Å². The predicted octanol–water partition coefficient (Wildman–Crippen LogP) is 2.70. The number of nitrogens with zero attached hydrogens (tertiary/aromatic N) is 1. The summed E-state index contributed by atoms with van der Waals surface area (Å²) in [6.45, 7) is 5.63. The van der Waals surface area contributed by atoms with Crippen molar-refractivity contribution in [3.63, 3.8) is 0 Å². The minimum absolute atomic E-state index is 0.0713. The molecular weight excluding hydrogens is 294 g/mol. The van der Waals surface area contributed by atoms with Crippen LogP contribution in [0.25, 0.3) is 0 Å². The number of likely N-dealkylation sites (tertiary alicyclic amines) is 1. The van der Waals surface area contributed by atoms with Crippen molar-refractivity contribution < 1.29 is 19.0 Å². The van der Waals surface area contributed by atoms with Gasteiger partial charge in [0.2, 0.25) is 0 Å². The summed E-state index contributed by atoms with van der Waals surface area (Å²) in [5, 5.41) is 0. The number of hydrogen-bond donors (Lipinski definition) is 0. The molecule has 0 spiro atoms. The van der Waals surface area contributed by atoms with Crippen LogP contribution in [0.5, 0.6) is 5.75 Å². The van der Waals surface area contributed by atoms with Crippen LogP contribution in [-0.4, -0.2) is 50.0 Å². The Bertz CT molecular complexity index is 520. The smallest absolute Gasteiger partial charge is 0.253 e. The Morgan fingerprint density at radius 3 is 2.70 bits per heavy atom. The lowest BCUT2D eigenvalue weighted by atomic mass is 9.95. The highest BCUT2D eigenvalue weighted by Crippen LogP contribution is 2.27. The van der Waals surface area contributed by atoms with E-state index in [1.54, 1.807) is 0 Å². The van der Waals surface area contributed by atoms with Gasteiger partial charge in [-0.2, -0.15) is 0 Å². The van der Waals surface area contributed by atoms with E-state index in [1.807, 2.05) is 29.2 Å². The first-order valence-electron chi connectivity index (χ1n) is 8.53. The molecule has 126 valence electrons. The van der Waals surface area contributed by atoms with E-state index in [-0.39, 0.29) is 12.2 Å². The Kier molecular flexibility index (Phi) is 5.51. The van der Waals surface area contributed by atoms with Crippen molar-refractivity contribution in [2.24, 2.45) is 5.92 Å². The summed E-state index contributed by atoms with van der Waals surface area (Å²) in [7, 11) is 0. The maximum Gasteiger partial charge on any atom is 0.253 e. The molecule has 0 saturated carbocycles. The zero-order valence-corrected chi connectivity index (χ0v) is 13.7. The molecule has 5 nitrogen and oxygen atoms in total. The summed E-state index contributed by atoms with van der Waals surface area (Å²) in [6.07, 6.45) is 2.75. The lowest BCUT2D eigenvalue weighted by molar-refractivity contribution is -0.0956. The molecule has 0 unspecified atom stereocenters. The third kappa shape index (κ3) is 4.03. The molecule has 3 rings (SSSR count). The van der Waals surface area contributed by atoms with Gasteiger partial charge in [0.15, 0.2) is 6.29 Å². The van der Waals surface area contributed by atoms with E-state index in [1.165, 1.54) is 0 Å². The molecule has 0 aliphatic carbocycles. The third-order valence-corrected chi connectivity index (χ3v) is 4.41. The van der Waals surface area contributed by atoms with Crippen molar-refractivity contribution in [1.29, 1.82) is 0 Å². The minimum Gasteiger partial charge on any atom is -0.494 e. The summed E-state index contributed by atoms with van der Waals surface area (Å²) < 4.78 is 16.8. The number of ether oxygens (including phenoxy) is 3. The van der Waals surface area contributed by atoms with Crippen molar-refractivity contribution in [2.75, 3.05) is 32.9 Å². The van der Waals surface area contributed by atoms with Crippen molar-refractivity contribution in [3.05, 3.63) is 29.8 Å². The van der Waals surface area contributed by atoms with Gasteiger partial charge in [-0.3, -0.25) is 4.79 Å². The summed E-state index contributed by atoms with van der Waals surface area (Å²) in [5.41, 5.74) is 0.699. The second kappa shape index (κ2) is 7.79. The molecule has 1 amide bonds. The fourth-order valence-corrected chi connectivity index (χ4v) is 3.14. The molecule has 1 aromatic rings. The highest BCUT2D eigenvalue weighted by atomic mass is 16.7. The second-order valence-electron chi connectivity index (χ2n) is 6.12. The van der Waals surface area contributed by atoms with E-state index >= 15 is 0 Å². The van der Waals surface area contributed by atoms with Crippen LogP contribution in [0.1, 0.15) is 36.5 Å². The SMILES string of the molecule is CCCOc1cccc(C(=O)N2CCC(C3OCCO3)CC2)c1. The molecule has 0 aromatic heterocycles. The molecule has 2 aliphatic rings. The first-order valence-corrected chi connectivity index (χ1v) is 8.53. The summed E-state index contributed by atoms with van der Waals surface area (Å²) in [5.74, 6) is 1.25. The van der Waals surface area contributed by atoms with Gasteiger partial charge >= 0.3 is 0 Å². The van der Waals surface area contributed by atoms with Crippen molar-refractivity contribution in [1.82, 2.24) is 4.90 Å². The zero-order valence-electron chi connectivity index (χ0n) is 13.7. The first kappa shape index (κ1) is 16.3. The quantitative estimate of drug-likeness (QED) is 0.837. The van der Waals surface area contributed by atoms with Gasteiger partial charge in [0, 0.05) is 24.6 Å². The van der Waals surface area contributed by atoms with Gasteiger partial charge in [-0.15, -0.1) is 0 Å². The maximum absolute atomic E-state index is 12.7. The highest BCUT2D eigenvalue weighted by molar-refractivity contribution is 5.94. The Morgan fingerprint density at radius 1 is 1.26 bits per heavy atom. The number of rotatable bonds is 5. The fraction of sp³-hybridized carbons (Fsp3) is 0.611. The topological polar surface area (TPSA) is 48.0 Å². The molecular formula is C18H25NO4. The monoisotopic (exact) mass is 319 g/mol. The molecule has 2 heterocycles. The standard InChI is InChI=1S/C18H25NO4/c1-2-10-21-16-5-3-4-15(13-16)17(20)19-8-6-14(7-9-19)18-22-11-12-23-18/h3-5,13-14,18H,2,6-12H2,1H3. The van der Waals surface area contributed by atoms with Crippen molar-refractivity contribution in [3.8, 4) is 5.75 Å². The molecule has 0 N–H and O–H groups in total. The van der Waals surface area contributed by atoms with E-state index < -0.39 is 0 Å². The van der Waals surface area contributed by atoms with Gasteiger partial charge in [-0.25, -0.2) is 0 Å². The molecule has 0 atom stereocenters. The summed E-state index contributed by atoms with van der Waals surface area (Å²) >= 11 is 0. The average molecular weight is 319 g/mol. The van der Waals surface area contributed by atoms with Gasteiger partial charge < -0.3 is 19.1 Å². The van der Waals surface area contributed by atoms with Gasteiger partial charge in [-0.05, 0) is 37.5 Å². The van der Waals surface area contributed by atoms with Crippen LogP contribution < -0.4 is 4.74 Å². The molecule has 2 fully saturated rings. The van der Waals surface area contributed by atoms with E-state index in [9.17, 15) is 4.79 Å². The predicted molar refractivity (Wildman–Crippen MR) is 86.5 cm³/mol. The zero-order chi connectivity index (χ0) is 16.1. The fourth-order valence-electron chi connectivity index (χ4n) is 3.14. The van der Waals surface area contributed by atoms with Gasteiger partial charge in [0.1, 0.15) is 5.75 Å². The van der Waals surface area contributed by atoms with Gasteiger partial charge in [0.05, 0.1) is 19.8 Å². The number of carbonyl (C=O) groups is 1. The maximum atomic E-state index is 12.7. The number of piperidine rings is 1. The normalized spacial score (nSPS) is 20.0. The summed E-state index contributed by atoms with van der Waals surface area (Å²) in [4.78, 5) is 14.6. The second-order valence-corrected chi connectivity index (χ2v) is 6.12. The number of carbonyl (C=O) groups excluding carboxylic acids is 1. The third-order valence-electron chi connectivity index (χ3n) is 4.41. The average Bonchev–Trinajstić information content (AvgIpc) is 3.14.